The molecule has 2 N–H and O–H groups in total. The first-order valence-corrected chi connectivity index (χ1v) is 8.06. The maximum absolute atomic E-state index is 12.1. The minimum absolute atomic E-state index is 0.109. The second-order valence-electron chi connectivity index (χ2n) is 5.31. The lowest BCUT2D eigenvalue weighted by Crippen LogP contribution is -2.30. The summed E-state index contributed by atoms with van der Waals surface area (Å²) in [6.45, 7) is 1.22. The van der Waals surface area contributed by atoms with Gasteiger partial charge in [-0.3, -0.25) is 9.78 Å². The van der Waals surface area contributed by atoms with Crippen molar-refractivity contribution >= 4 is 27.7 Å². The molecule has 1 heterocycles. The van der Waals surface area contributed by atoms with Crippen LogP contribution in [-0.4, -0.2) is 29.0 Å². The second-order valence-corrected chi connectivity index (χ2v) is 6.22. The van der Waals surface area contributed by atoms with Crippen molar-refractivity contribution in [3.63, 3.8) is 0 Å². The Morgan fingerprint density at radius 1 is 1.23 bits per heavy atom. The van der Waals surface area contributed by atoms with Gasteiger partial charge in [-0.15, -0.1) is 0 Å². The number of hydrogen-bond donors (Lipinski definition) is 2. The van der Waals surface area contributed by atoms with E-state index in [1.807, 2.05) is 12.1 Å². The minimum Gasteiger partial charge on any atom is -0.367 e. The lowest BCUT2D eigenvalue weighted by molar-refractivity contribution is -0.122. The van der Waals surface area contributed by atoms with E-state index in [1.165, 1.54) is 5.56 Å². The largest absolute Gasteiger partial charge is 0.367 e. The molecule has 3 rings (SSSR count). The van der Waals surface area contributed by atoms with Crippen LogP contribution in [0.1, 0.15) is 17.9 Å². The normalized spacial score (nSPS) is 19.5. The van der Waals surface area contributed by atoms with Gasteiger partial charge >= 0.3 is 0 Å². The topological polar surface area (TPSA) is 66.9 Å². The lowest BCUT2D eigenvalue weighted by atomic mass is 10.1. The summed E-state index contributed by atoms with van der Waals surface area (Å²) in [5.74, 6) is 1.32. The number of carbonyl (C=O) groups is 1. The van der Waals surface area contributed by atoms with Gasteiger partial charge in [0, 0.05) is 35.9 Å². The number of hydrogen-bond acceptors (Lipinski definition) is 4. The zero-order chi connectivity index (χ0) is 15.4. The number of carbonyl (C=O) groups excluding carboxylic acids is 1. The zero-order valence-corrected chi connectivity index (χ0v) is 13.6. The highest BCUT2D eigenvalue weighted by molar-refractivity contribution is 9.10. The molecule has 22 heavy (non-hydrogen) atoms. The van der Waals surface area contributed by atoms with Gasteiger partial charge in [-0.1, -0.05) is 28.1 Å². The molecule has 1 amide bonds. The van der Waals surface area contributed by atoms with Crippen molar-refractivity contribution in [2.75, 3.05) is 18.4 Å². The zero-order valence-electron chi connectivity index (χ0n) is 12.0. The molecule has 1 aliphatic carbocycles. The van der Waals surface area contributed by atoms with Crippen molar-refractivity contribution in [2.24, 2.45) is 5.92 Å². The fourth-order valence-corrected chi connectivity index (χ4v) is 2.73. The lowest BCUT2D eigenvalue weighted by Gasteiger charge is -2.07. The summed E-state index contributed by atoms with van der Waals surface area (Å²) >= 11 is 3.42. The summed E-state index contributed by atoms with van der Waals surface area (Å²) in [7, 11) is 0. The van der Waals surface area contributed by atoms with Gasteiger partial charge in [-0.2, -0.15) is 0 Å². The van der Waals surface area contributed by atoms with Gasteiger partial charge < -0.3 is 10.6 Å². The van der Waals surface area contributed by atoms with Crippen molar-refractivity contribution in [3.8, 4) is 0 Å². The van der Waals surface area contributed by atoms with Gasteiger partial charge in [0.25, 0.3) is 0 Å². The summed E-state index contributed by atoms with van der Waals surface area (Å²) < 4.78 is 1.06. The van der Waals surface area contributed by atoms with E-state index in [2.05, 4.69) is 48.7 Å². The SMILES string of the molecule is O=C(NCCNc1cnccn1)[C@@H]1C[C@@H]1c1ccc(Br)cc1. The number of nitrogens with one attached hydrogen (secondary N) is 2. The molecule has 0 radical (unpaired) electrons. The average Bonchev–Trinajstić information content (AvgIpc) is 3.34. The van der Waals surface area contributed by atoms with Gasteiger partial charge in [-0.25, -0.2) is 4.98 Å². The fraction of sp³-hybridized carbons (Fsp3) is 0.312. The molecule has 1 aromatic carbocycles. The summed E-state index contributed by atoms with van der Waals surface area (Å²) in [4.78, 5) is 20.2. The van der Waals surface area contributed by atoms with Crippen LogP contribution in [0.15, 0.2) is 47.3 Å². The number of amides is 1. The number of aromatic nitrogens is 2. The molecule has 5 nitrogen and oxygen atoms in total. The second kappa shape index (κ2) is 6.87. The molecular formula is C16H17BrN4O. The van der Waals surface area contributed by atoms with E-state index < -0.39 is 0 Å². The number of benzene rings is 1. The third kappa shape index (κ3) is 3.82. The average molecular weight is 361 g/mol. The Kier molecular flexibility index (Phi) is 4.68. The van der Waals surface area contributed by atoms with Gasteiger partial charge in [0.2, 0.25) is 5.91 Å². The van der Waals surface area contributed by atoms with E-state index in [0.29, 0.717) is 19.0 Å². The molecule has 0 aliphatic heterocycles. The Morgan fingerprint density at radius 2 is 2.05 bits per heavy atom. The molecule has 2 aromatic rings. The predicted octanol–water partition coefficient (Wildman–Crippen LogP) is 2.57. The van der Waals surface area contributed by atoms with E-state index in [4.69, 9.17) is 0 Å². The molecule has 1 aromatic heterocycles. The Hall–Kier alpha value is -1.95. The van der Waals surface area contributed by atoms with Crippen LogP contribution in [0.3, 0.4) is 0 Å². The smallest absolute Gasteiger partial charge is 0.223 e. The van der Waals surface area contributed by atoms with Crippen molar-refractivity contribution in [2.45, 2.75) is 12.3 Å². The van der Waals surface area contributed by atoms with E-state index in [9.17, 15) is 4.79 Å². The molecule has 0 spiro atoms. The van der Waals surface area contributed by atoms with Crippen molar-refractivity contribution < 1.29 is 4.79 Å². The van der Waals surface area contributed by atoms with Crippen LogP contribution in [0.25, 0.3) is 0 Å². The summed E-state index contributed by atoms with van der Waals surface area (Å²) in [5, 5.41) is 6.08. The van der Waals surface area contributed by atoms with Crippen LogP contribution in [-0.2, 0) is 4.79 Å². The van der Waals surface area contributed by atoms with Crippen LogP contribution in [0, 0.1) is 5.92 Å². The van der Waals surface area contributed by atoms with Crippen LogP contribution in [0.2, 0.25) is 0 Å². The van der Waals surface area contributed by atoms with Crippen molar-refractivity contribution in [1.29, 1.82) is 0 Å². The Balaban J connectivity index is 1.39. The third-order valence-electron chi connectivity index (χ3n) is 3.72. The number of nitrogens with zero attached hydrogens (tertiary/aromatic N) is 2. The van der Waals surface area contributed by atoms with E-state index in [1.54, 1.807) is 18.6 Å². The van der Waals surface area contributed by atoms with Gasteiger partial charge in [-0.05, 0) is 30.0 Å². The van der Waals surface area contributed by atoms with E-state index >= 15 is 0 Å². The standard InChI is InChI=1S/C16H17BrN4O/c17-12-3-1-11(2-4-12)13-9-14(13)16(22)21-8-7-20-15-10-18-5-6-19-15/h1-6,10,13-14H,7-9H2,(H,19,20)(H,21,22)/t13-,14-/m1/s1. The van der Waals surface area contributed by atoms with Crippen molar-refractivity contribution in [3.05, 3.63) is 52.9 Å². The number of halogens is 1. The fourth-order valence-electron chi connectivity index (χ4n) is 2.46. The molecule has 1 saturated carbocycles. The van der Waals surface area contributed by atoms with Gasteiger partial charge in [0.15, 0.2) is 0 Å². The predicted molar refractivity (Wildman–Crippen MR) is 88.5 cm³/mol. The van der Waals surface area contributed by atoms with E-state index in [-0.39, 0.29) is 11.8 Å². The molecule has 6 heteroatoms. The number of anilines is 1. The molecule has 1 aliphatic rings. The summed E-state index contributed by atoms with van der Waals surface area (Å²) in [6, 6.07) is 8.20. The van der Waals surface area contributed by atoms with Crippen LogP contribution < -0.4 is 10.6 Å². The minimum atomic E-state index is 0.109. The van der Waals surface area contributed by atoms with Gasteiger partial charge in [0.05, 0.1) is 6.20 Å². The first-order valence-electron chi connectivity index (χ1n) is 7.27. The maximum Gasteiger partial charge on any atom is 0.223 e. The number of rotatable bonds is 6. The Morgan fingerprint density at radius 3 is 2.77 bits per heavy atom. The highest BCUT2D eigenvalue weighted by atomic mass is 79.9. The van der Waals surface area contributed by atoms with E-state index in [0.717, 1.165) is 16.7 Å². The van der Waals surface area contributed by atoms with Gasteiger partial charge in [0.1, 0.15) is 5.82 Å². The summed E-state index contributed by atoms with van der Waals surface area (Å²) in [5.41, 5.74) is 1.24. The first-order chi connectivity index (χ1) is 10.7. The van der Waals surface area contributed by atoms with Crippen LogP contribution >= 0.6 is 15.9 Å². The highest BCUT2D eigenvalue weighted by Crippen LogP contribution is 2.47. The first kappa shape index (κ1) is 15.0. The maximum atomic E-state index is 12.1. The quantitative estimate of drug-likeness (QED) is 0.777. The highest BCUT2D eigenvalue weighted by Gasteiger charge is 2.43. The molecule has 1 fully saturated rings. The third-order valence-corrected chi connectivity index (χ3v) is 4.25. The van der Waals surface area contributed by atoms with Crippen molar-refractivity contribution in [1.82, 2.24) is 15.3 Å². The molecule has 0 bridgehead atoms. The van der Waals surface area contributed by atoms with Crippen LogP contribution in [0.4, 0.5) is 5.82 Å². The summed E-state index contributed by atoms with van der Waals surface area (Å²) in [6.07, 6.45) is 5.85. The molecule has 0 saturated heterocycles. The molecular weight excluding hydrogens is 344 g/mol. The molecule has 114 valence electrons. The molecule has 2 atom stereocenters. The van der Waals surface area contributed by atoms with Crippen LogP contribution in [0.5, 0.6) is 0 Å². The monoisotopic (exact) mass is 360 g/mol. The Bertz CT molecular complexity index is 632. The Labute approximate surface area is 137 Å². The molecule has 0 unspecified atom stereocenters.